The van der Waals surface area contributed by atoms with E-state index in [0.29, 0.717) is 0 Å². The standard InChI is InChI=1S/C20H41.S.Sn.H/c1-3-5-7-9-11-13-15-17-19-20-18-16-14-12-10-8-6-4-2;;;/h1,3-20H2,2H3;;;. The Morgan fingerprint density at radius 1 is 0.455 bits per heavy atom. The van der Waals surface area contributed by atoms with Crippen LogP contribution in [0.2, 0.25) is 4.44 Å². The summed E-state index contributed by atoms with van der Waals surface area (Å²) in [7, 11) is 5.16. The van der Waals surface area contributed by atoms with E-state index >= 15 is 0 Å². The van der Waals surface area contributed by atoms with Crippen molar-refractivity contribution in [2.45, 2.75) is 127 Å². The molecule has 0 spiro atoms. The Morgan fingerprint density at radius 3 is 1.00 bits per heavy atom. The molecule has 0 unspecified atom stereocenters. The number of hydrogen-bond donors (Lipinski definition) is 0. The van der Waals surface area contributed by atoms with Gasteiger partial charge in [-0.2, -0.15) is 0 Å². The molecule has 0 amide bonds. The molecular weight excluding hydrogens is 391 g/mol. The van der Waals surface area contributed by atoms with Crippen LogP contribution in [0.1, 0.15) is 122 Å². The number of rotatable bonds is 19. The van der Waals surface area contributed by atoms with Crippen molar-refractivity contribution in [2.75, 3.05) is 0 Å². The fourth-order valence-corrected chi connectivity index (χ4v) is 5.55. The van der Waals surface area contributed by atoms with Crippen molar-refractivity contribution in [1.82, 2.24) is 0 Å². The quantitative estimate of drug-likeness (QED) is 0.147. The molecule has 0 radical (unpaired) electrons. The van der Waals surface area contributed by atoms with Crippen molar-refractivity contribution < 1.29 is 0 Å². The van der Waals surface area contributed by atoms with Gasteiger partial charge in [-0.15, -0.1) is 0 Å². The summed E-state index contributed by atoms with van der Waals surface area (Å²) in [5.41, 5.74) is 0. The Labute approximate surface area is 155 Å². The van der Waals surface area contributed by atoms with Gasteiger partial charge in [0.15, 0.2) is 0 Å². The summed E-state index contributed by atoms with van der Waals surface area (Å²) in [6.45, 7) is 2.30. The van der Waals surface area contributed by atoms with Gasteiger partial charge in [0.05, 0.1) is 0 Å². The Bertz CT molecular complexity index is 206. The van der Waals surface area contributed by atoms with Crippen LogP contribution in [0.5, 0.6) is 0 Å². The van der Waals surface area contributed by atoms with Crippen LogP contribution in [0, 0.1) is 0 Å². The minimum atomic E-state index is -0.448. The maximum absolute atomic E-state index is 5.16. The molecule has 0 saturated carbocycles. The first-order chi connectivity index (χ1) is 10.9. The van der Waals surface area contributed by atoms with Gasteiger partial charge >= 0.3 is 104 Å². The van der Waals surface area contributed by atoms with Gasteiger partial charge in [-0.05, 0) is 0 Å². The van der Waals surface area contributed by atoms with Gasteiger partial charge in [0.2, 0.25) is 0 Å². The Kier molecular flexibility index (Phi) is 23.0. The van der Waals surface area contributed by atoms with Crippen LogP contribution in [-0.4, -0.2) is 19.2 Å². The third-order valence-electron chi connectivity index (χ3n) is 4.68. The third-order valence-corrected chi connectivity index (χ3v) is 8.09. The molecule has 0 aromatic rings. The van der Waals surface area contributed by atoms with E-state index in [0.717, 1.165) is 0 Å². The van der Waals surface area contributed by atoms with E-state index in [-0.39, 0.29) is 0 Å². The van der Waals surface area contributed by atoms with Crippen LogP contribution < -0.4 is 0 Å². The summed E-state index contributed by atoms with van der Waals surface area (Å²) in [4.78, 5) is 0. The first kappa shape index (κ1) is 23.0. The maximum atomic E-state index is 5.16. The molecule has 0 heterocycles. The topological polar surface area (TPSA) is 0 Å². The van der Waals surface area contributed by atoms with Gasteiger partial charge in [-0.3, -0.25) is 0 Å². The molecule has 0 N–H and O–H groups in total. The van der Waals surface area contributed by atoms with Gasteiger partial charge in [0.1, 0.15) is 0 Å². The van der Waals surface area contributed by atoms with E-state index in [1.54, 1.807) is 0 Å². The molecule has 0 aromatic heterocycles. The predicted molar refractivity (Wildman–Crippen MR) is 108 cm³/mol. The van der Waals surface area contributed by atoms with Crippen molar-refractivity contribution in [3.63, 3.8) is 0 Å². The molecule has 0 atom stereocenters. The Hall–Kier alpha value is 1.02. The first-order valence-corrected chi connectivity index (χ1v) is 17.2. The Morgan fingerprint density at radius 2 is 0.727 bits per heavy atom. The molecule has 0 nitrogen and oxygen atoms in total. The molecule has 0 aliphatic rings. The molecule has 0 fully saturated rings. The van der Waals surface area contributed by atoms with Gasteiger partial charge in [0, 0.05) is 0 Å². The normalized spacial score (nSPS) is 11.0. The molecule has 0 bridgehead atoms. The monoisotopic (exact) mass is 434 g/mol. The van der Waals surface area contributed by atoms with Crippen molar-refractivity contribution in [2.24, 2.45) is 0 Å². The van der Waals surface area contributed by atoms with Crippen LogP contribution in [0.3, 0.4) is 0 Å². The van der Waals surface area contributed by atoms with E-state index in [2.05, 4.69) is 6.92 Å². The van der Waals surface area contributed by atoms with Gasteiger partial charge in [-0.1, -0.05) is 51.9 Å². The van der Waals surface area contributed by atoms with Crippen LogP contribution in [0.4, 0.5) is 0 Å². The second-order valence-corrected chi connectivity index (χ2v) is 11.8. The second kappa shape index (κ2) is 22.0. The van der Waals surface area contributed by atoms with Crippen molar-refractivity contribution >= 4 is 28.5 Å². The summed E-state index contributed by atoms with van der Waals surface area (Å²) in [6, 6.07) is 0. The van der Waals surface area contributed by atoms with Crippen LogP contribution >= 0.6 is 9.29 Å². The predicted octanol–water partition coefficient (Wildman–Crippen LogP) is 8.00. The number of hydrogen-bond acceptors (Lipinski definition) is 1. The van der Waals surface area contributed by atoms with Crippen molar-refractivity contribution in [3.8, 4) is 0 Å². The van der Waals surface area contributed by atoms with Gasteiger partial charge < -0.3 is 0 Å². The third kappa shape index (κ3) is 21.0. The number of unbranched alkanes of at least 4 members (excludes halogenated alkanes) is 17. The van der Waals surface area contributed by atoms with E-state index in [9.17, 15) is 0 Å². The first-order valence-electron chi connectivity index (χ1n) is 10.4. The summed E-state index contributed by atoms with van der Waals surface area (Å²) in [5.74, 6) is 0. The zero-order valence-corrected chi connectivity index (χ0v) is 19.5. The average molecular weight is 433 g/mol. The van der Waals surface area contributed by atoms with Crippen molar-refractivity contribution in [3.05, 3.63) is 0 Å². The van der Waals surface area contributed by atoms with E-state index in [1.807, 2.05) is 0 Å². The fourth-order valence-electron chi connectivity index (χ4n) is 3.13. The molecule has 0 aromatic carbocycles. The van der Waals surface area contributed by atoms with E-state index in [1.165, 1.54) is 120 Å². The summed E-state index contributed by atoms with van der Waals surface area (Å²) < 4.78 is 1.45. The second-order valence-electron chi connectivity index (χ2n) is 6.97. The summed E-state index contributed by atoms with van der Waals surface area (Å²) in [5, 5.41) is 0. The zero-order chi connectivity index (χ0) is 16.1. The van der Waals surface area contributed by atoms with E-state index < -0.39 is 19.2 Å². The molecule has 22 heavy (non-hydrogen) atoms. The summed E-state index contributed by atoms with van der Waals surface area (Å²) in [6.07, 6.45) is 26.5. The van der Waals surface area contributed by atoms with Gasteiger partial charge in [0.25, 0.3) is 0 Å². The van der Waals surface area contributed by atoms with E-state index in [4.69, 9.17) is 9.29 Å². The van der Waals surface area contributed by atoms with Crippen LogP contribution in [0.25, 0.3) is 0 Å². The Balaban J connectivity index is 2.92. The van der Waals surface area contributed by atoms with Crippen LogP contribution in [0.15, 0.2) is 0 Å². The molecule has 0 aliphatic heterocycles. The molecule has 0 saturated heterocycles. The fraction of sp³-hybridized carbons (Fsp3) is 1.00. The SMILES string of the molecule is CCCCCCCCCCCCCCCCCCC[CH2][SnH]=[S]. The van der Waals surface area contributed by atoms with Crippen LogP contribution in [-0.2, 0) is 0 Å². The summed E-state index contributed by atoms with van der Waals surface area (Å²) >= 11 is -0.448. The molecule has 2 heteroatoms. The zero-order valence-electron chi connectivity index (χ0n) is 15.4. The molecule has 132 valence electrons. The molecular formula is C20H42SSn. The van der Waals surface area contributed by atoms with Crippen molar-refractivity contribution in [1.29, 1.82) is 0 Å². The average Bonchev–Trinajstić information content (AvgIpc) is 2.54. The molecule has 0 rings (SSSR count). The van der Waals surface area contributed by atoms with Gasteiger partial charge in [-0.25, -0.2) is 0 Å². The minimum absolute atomic E-state index is 0.448. The molecule has 0 aliphatic carbocycles.